The van der Waals surface area contributed by atoms with Gasteiger partial charge >= 0.3 is 0 Å². The molecule has 0 unspecified atom stereocenters. The average Bonchev–Trinajstić information content (AvgIpc) is 3.46. The molecule has 0 radical (unpaired) electrons. The van der Waals surface area contributed by atoms with Gasteiger partial charge in [-0.2, -0.15) is 5.10 Å². The molecule has 1 spiro atoms. The minimum absolute atomic E-state index is 0.0898. The molecular formula is C25H30N4O4. The maximum atomic E-state index is 13.5. The zero-order chi connectivity index (χ0) is 23.2. The molecule has 5 rings (SSSR count). The number of benzene rings is 1. The Balaban J connectivity index is 1.54. The monoisotopic (exact) mass is 450 g/mol. The van der Waals surface area contributed by atoms with Gasteiger partial charge in [-0.3, -0.25) is 4.79 Å². The SMILES string of the molecule is COc1cccc(-c2cc(C(=O)N3CCC4(CC3)OCCO4)nc3cc(C(C)(C)C)nn23)c1. The normalized spacial score (nSPS) is 18.2. The van der Waals surface area contributed by atoms with E-state index < -0.39 is 5.79 Å². The Morgan fingerprint density at radius 3 is 2.48 bits per heavy atom. The predicted molar refractivity (Wildman–Crippen MR) is 123 cm³/mol. The molecule has 0 aliphatic carbocycles. The molecule has 2 aromatic heterocycles. The number of hydrogen-bond donors (Lipinski definition) is 0. The standard InChI is InChI=1S/C25H30N4O4/c1-24(2,3)21-16-22-26-19(23(30)28-10-8-25(9-11-28)32-12-13-33-25)15-20(29(22)27-21)17-6-5-7-18(14-17)31-4/h5-7,14-16H,8-13H2,1-4H3. The lowest BCUT2D eigenvalue weighted by atomic mass is 9.93. The number of hydrogen-bond acceptors (Lipinski definition) is 6. The lowest BCUT2D eigenvalue weighted by Gasteiger charge is -2.37. The minimum Gasteiger partial charge on any atom is -0.497 e. The van der Waals surface area contributed by atoms with Crippen molar-refractivity contribution in [2.24, 2.45) is 0 Å². The topological polar surface area (TPSA) is 78.2 Å². The van der Waals surface area contributed by atoms with Crippen LogP contribution in [0.3, 0.4) is 0 Å². The van der Waals surface area contributed by atoms with Crippen molar-refractivity contribution in [1.82, 2.24) is 19.5 Å². The Bertz CT molecular complexity index is 1180. The number of carbonyl (C=O) groups is 1. The van der Waals surface area contributed by atoms with Gasteiger partial charge in [0.05, 0.1) is 31.7 Å². The van der Waals surface area contributed by atoms with Gasteiger partial charge in [0.2, 0.25) is 0 Å². The largest absolute Gasteiger partial charge is 0.497 e. The number of likely N-dealkylation sites (tertiary alicyclic amines) is 1. The van der Waals surface area contributed by atoms with E-state index >= 15 is 0 Å². The number of methoxy groups -OCH3 is 1. The van der Waals surface area contributed by atoms with Crippen molar-refractivity contribution in [1.29, 1.82) is 0 Å². The van der Waals surface area contributed by atoms with Crippen LogP contribution >= 0.6 is 0 Å². The third-order valence-electron chi connectivity index (χ3n) is 6.41. The Labute approximate surface area is 193 Å². The summed E-state index contributed by atoms with van der Waals surface area (Å²) in [5.41, 5.74) is 3.54. The number of amides is 1. The highest BCUT2D eigenvalue weighted by molar-refractivity contribution is 5.94. The second-order valence-corrected chi connectivity index (χ2v) is 9.71. The Morgan fingerprint density at radius 1 is 1.09 bits per heavy atom. The molecule has 8 heteroatoms. The number of nitrogens with zero attached hydrogens (tertiary/aromatic N) is 4. The van der Waals surface area contributed by atoms with Gasteiger partial charge in [-0.25, -0.2) is 9.50 Å². The van der Waals surface area contributed by atoms with Gasteiger partial charge in [0.1, 0.15) is 11.4 Å². The molecule has 1 aromatic carbocycles. The van der Waals surface area contributed by atoms with Gasteiger partial charge in [0.15, 0.2) is 11.4 Å². The first kappa shape index (κ1) is 21.9. The van der Waals surface area contributed by atoms with E-state index in [1.807, 2.05) is 45.8 Å². The minimum atomic E-state index is -0.521. The van der Waals surface area contributed by atoms with Crippen LogP contribution in [0.4, 0.5) is 0 Å². The van der Waals surface area contributed by atoms with Crippen molar-refractivity contribution >= 4 is 11.6 Å². The van der Waals surface area contributed by atoms with E-state index in [-0.39, 0.29) is 11.3 Å². The van der Waals surface area contributed by atoms with Crippen LogP contribution < -0.4 is 4.74 Å². The molecule has 2 saturated heterocycles. The Morgan fingerprint density at radius 2 is 1.82 bits per heavy atom. The van der Waals surface area contributed by atoms with Gasteiger partial charge < -0.3 is 19.1 Å². The van der Waals surface area contributed by atoms with Crippen LogP contribution in [-0.4, -0.2) is 64.6 Å². The summed E-state index contributed by atoms with van der Waals surface area (Å²) in [5, 5.41) is 4.83. The maximum absolute atomic E-state index is 13.5. The second-order valence-electron chi connectivity index (χ2n) is 9.71. The molecule has 4 heterocycles. The number of rotatable bonds is 3. The summed E-state index contributed by atoms with van der Waals surface area (Å²) in [6, 6.07) is 11.6. The van der Waals surface area contributed by atoms with Crippen molar-refractivity contribution in [3.8, 4) is 17.0 Å². The van der Waals surface area contributed by atoms with Gasteiger partial charge in [0.25, 0.3) is 5.91 Å². The highest BCUT2D eigenvalue weighted by Crippen LogP contribution is 2.33. The highest BCUT2D eigenvalue weighted by atomic mass is 16.7. The van der Waals surface area contributed by atoms with Crippen molar-refractivity contribution in [3.05, 3.63) is 47.8 Å². The molecule has 8 nitrogen and oxygen atoms in total. The van der Waals surface area contributed by atoms with Crippen molar-refractivity contribution in [2.45, 2.75) is 44.8 Å². The molecule has 2 fully saturated rings. The average molecular weight is 451 g/mol. The molecule has 174 valence electrons. The predicted octanol–water partition coefficient (Wildman–Crippen LogP) is 3.68. The Hall–Kier alpha value is -2.97. The van der Waals surface area contributed by atoms with E-state index in [9.17, 15) is 4.79 Å². The van der Waals surface area contributed by atoms with E-state index in [1.54, 1.807) is 7.11 Å². The fraction of sp³-hybridized carbons (Fsp3) is 0.480. The zero-order valence-corrected chi connectivity index (χ0v) is 19.6. The smallest absolute Gasteiger partial charge is 0.272 e. The maximum Gasteiger partial charge on any atom is 0.272 e. The molecule has 3 aromatic rings. The number of fused-ring (bicyclic) bond motifs is 1. The number of ether oxygens (including phenoxy) is 3. The second kappa shape index (κ2) is 8.11. The first-order valence-electron chi connectivity index (χ1n) is 11.4. The fourth-order valence-corrected chi connectivity index (χ4v) is 4.44. The van der Waals surface area contributed by atoms with Crippen molar-refractivity contribution < 1.29 is 19.0 Å². The molecule has 0 bridgehead atoms. The first-order valence-corrected chi connectivity index (χ1v) is 11.4. The van der Waals surface area contributed by atoms with Crippen LogP contribution in [0.2, 0.25) is 0 Å². The zero-order valence-electron chi connectivity index (χ0n) is 19.6. The van der Waals surface area contributed by atoms with Gasteiger partial charge in [-0.15, -0.1) is 0 Å². The van der Waals surface area contributed by atoms with E-state index in [4.69, 9.17) is 24.3 Å². The molecule has 0 N–H and O–H groups in total. The van der Waals surface area contributed by atoms with Gasteiger partial charge in [-0.1, -0.05) is 32.9 Å². The number of aromatic nitrogens is 3. The van der Waals surface area contributed by atoms with E-state index in [0.717, 1.165) is 22.7 Å². The number of carbonyl (C=O) groups excluding carboxylic acids is 1. The summed E-state index contributed by atoms with van der Waals surface area (Å²) in [5.74, 6) is 0.131. The van der Waals surface area contributed by atoms with Crippen LogP contribution in [-0.2, 0) is 14.9 Å². The molecule has 0 saturated carbocycles. The van der Waals surface area contributed by atoms with Crippen molar-refractivity contribution in [2.75, 3.05) is 33.4 Å². The van der Waals surface area contributed by atoms with Crippen molar-refractivity contribution in [3.63, 3.8) is 0 Å². The summed E-state index contributed by atoms with van der Waals surface area (Å²) in [7, 11) is 1.64. The quantitative estimate of drug-likeness (QED) is 0.606. The van der Waals surface area contributed by atoms with E-state index in [2.05, 4.69) is 20.8 Å². The van der Waals surface area contributed by atoms with Crippen LogP contribution in [0.1, 0.15) is 49.8 Å². The highest BCUT2D eigenvalue weighted by Gasteiger charge is 2.41. The first-order chi connectivity index (χ1) is 15.8. The molecule has 1 amide bonds. The summed E-state index contributed by atoms with van der Waals surface area (Å²) < 4.78 is 18.9. The fourth-order valence-electron chi connectivity index (χ4n) is 4.44. The third-order valence-corrected chi connectivity index (χ3v) is 6.41. The van der Waals surface area contributed by atoms with Crippen LogP contribution in [0.5, 0.6) is 5.75 Å². The summed E-state index contributed by atoms with van der Waals surface area (Å²) >= 11 is 0. The molecule has 0 atom stereocenters. The van der Waals surface area contributed by atoms with Gasteiger partial charge in [0, 0.05) is 43.0 Å². The molecular weight excluding hydrogens is 420 g/mol. The van der Waals surface area contributed by atoms with E-state index in [1.165, 1.54) is 0 Å². The summed E-state index contributed by atoms with van der Waals surface area (Å²) in [4.78, 5) is 20.0. The van der Waals surface area contributed by atoms with E-state index in [0.29, 0.717) is 50.5 Å². The number of piperidine rings is 1. The molecule has 2 aliphatic heterocycles. The lowest BCUT2D eigenvalue weighted by molar-refractivity contribution is -0.181. The molecule has 2 aliphatic rings. The van der Waals surface area contributed by atoms with Crippen LogP contribution in [0.25, 0.3) is 16.9 Å². The lowest BCUT2D eigenvalue weighted by Crippen LogP contribution is -2.47. The van der Waals surface area contributed by atoms with Crippen LogP contribution in [0, 0.1) is 0 Å². The summed E-state index contributed by atoms with van der Waals surface area (Å²) in [6.07, 6.45) is 1.34. The third kappa shape index (κ3) is 4.09. The molecule has 33 heavy (non-hydrogen) atoms. The van der Waals surface area contributed by atoms with Gasteiger partial charge in [-0.05, 0) is 18.2 Å². The Kier molecular flexibility index (Phi) is 5.37. The van der Waals surface area contributed by atoms with Crippen LogP contribution in [0.15, 0.2) is 36.4 Å². The summed E-state index contributed by atoms with van der Waals surface area (Å²) in [6.45, 7) is 8.73.